The highest BCUT2D eigenvalue weighted by molar-refractivity contribution is 5.85. The monoisotopic (exact) mass is 341 g/mol. The average molecular weight is 342 g/mol. The van der Waals surface area contributed by atoms with Crippen molar-refractivity contribution in [3.8, 4) is 0 Å². The number of nitrogens with one attached hydrogen (secondary N) is 2. The van der Waals surface area contributed by atoms with E-state index in [2.05, 4.69) is 22.5 Å². The zero-order valence-electron chi connectivity index (χ0n) is 13.7. The maximum atomic E-state index is 11.7. The van der Waals surface area contributed by atoms with Gasteiger partial charge < -0.3 is 15.5 Å². The van der Waals surface area contributed by atoms with Gasteiger partial charge in [-0.25, -0.2) is 0 Å². The Hall–Kier alpha value is -0.0300. The molecule has 0 aromatic heterocycles. The van der Waals surface area contributed by atoms with Crippen molar-refractivity contribution in [2.75, 3.05) is 39.8 Å². The second-order valence-electron chi connectivity index (χ2n) is 6.00. The Bertz CT molecular complexity index is 267. The molecule has 128 valence electrons. The molecule has 2 unspecified atom stereocenters. The van der Waals surface area contributed by atoms with Crippen LogP contribution >= 0.6 is 24.8 Å². The van der Waals surface area contributed by atoms with Crippen molar-refractivity contribution in [2.24, 2.45) is 11.8 Å². The molecule has 1 rings (SSSR count). The molecule has 1 aliphatic rings. The number of unbranched alkanes of at least 4 members (excludes halogenated alkanes) is 1. The Morgan fingerprint density at radius 3 is 2.67 bits per heavy atom. The lowest BCUT2D eigenvalue weighted by molar-refractivity contribution is -0.124. The van der Waals surface area contributed by atoms with Crippen molar-refractivity contribution in [3.05, 3.63) is 0 Å². The summed E-state index contributed by atoms with van der Waals surface area (Å²) in [6.45, 7) is 9.57. The van der Waals surface area contributed by atoms with Crippen molar-refractivity contribution in [1.82, 2.24) is 15.5 Å². The van der Waals surface area contributed by atoms with E-state index in [1.165, 1.54) is 38.9 Å². The fraction of sp³-hybridized carbons (Fsp3) is 0.933. The van der Waals surface area contributed by atoms with E-state index in [9.17, 15) is 4.79 Å². The Balaban J connectivity index is 0. The van der Waals surface area contributed by atoms with Crippen LogP contribution in [-0.2, 0) is 4.79 Å². The molecule has 0 radical (unpaired) electrons. The van der Waals surface area contributed by atoms with Crippen molar-refractivity contribution in [2.45, 2.75) is 39.5 Å². The second-order valence-corrected chi connectivity index (χ2v) is 6.00. The zero-order chi connectivity index (χ0) is 14.1. The molecule has 4 nitrogen and oxygen atoms in total. The van der Waals surface area contributed by atoms with Gasteiger partial charge in [-0.15, -0.1) is 24.8 Å². The summed E-state index contributed by atoms with van der Waals surface area (Å²) >= 11 is 0. The third-order valence-electron chi connectivity index (χ3n) is 3.90. The number of halogens is 2. The lowest BCUT2D eigenvalue weighted by Crippen LogP contribution is -2.36. The van der Waals surface area contributed by atoms with Gasteiger partial charge in [0.2, 0.25) is 5.91 Å². The number of carbonyl (C=O) groups is 1. The standard InChI is InChI=1S/C15H31N3O.2ClH/c1-13-7-6-10-18(12-13)9-5-4-8-17-15(19)14(2)11-16-3;;/h13-14,16H,4-12H2,1-3H3,(H,17,19);2*1H. The van der Waals surface area contributed by atoms with Crippen LogP contribution in [-0.4, -0.2) is 50.6 Å². The topological polar surface area (TPSA) is 44.4 Å². The smallest absolute Gasteiger partial charge is 0.224 e. The van der Waals surface area contributed by atoms with Gasteiger partial charge in [0.05, 0.1) is 0 Å². The van der Waals surface area contributed by atoms with Gasteiger partial charge in [0.1, 0.15) is 0 Å². The summed E-state index contributed by atoms with van der Waals surface area (Å²) in [4.78, 5) is 14.2. The zero-order valence-corrected chi connectivity index (χ0v) is 15.3. The minimum Gasteiger partial charge on any atom is -0.356 e. The minimum atomic E-state index is 0. The van der Waals surface area contributed by atoms with Gasteiger partial charge in [-0.3, -0.25) is 4.79 Å². The molecular weight excluding hydrogens is 309 g/mol. The molecule has 0 saturated carbocycles. The van der Waals surface area contributed by atoms with Crippen molar-refractivity contribution >= 4 is 30.7 Å². The van der Waals surface area contributed by atoms with Crippen LogP contribution in [0.2, 0.25) is 0 Å². The van der Waals surface area contributed by atoms with E-state index in [0.717, 1.165) is 25.4 Å². The molecule has 0 aromatic rings. The first-order valence-electron chi connectivity index (χ1n) is 7.78. The van der Waals surface area contributed by atoms with E-state index in [0.29, 0.717) is 0 Å². The van der Waals surface area contributed by atoms with Crippen LogP contribution in [0.3, 0.4) is 0 Å². The van der Waals surface area contributed by atoms with Gasteiger partial charge in [-0.1, -0.05) is 13.8 Å². The molecule has 0 aliphatic carbocycles. The predicted octanol–water partition coefficient (Wildman–Crippen LogP) is 2.31. The Labute approximate surface area is 142 Å². The SMILES string of the molecule is CNCC(C)C(=O)NCCCCN1CCCC(C)C1.Cl.Cl. The predicted molar refractivity (Wildman–Crippen MR) is 94.7 cm³/mol. The fourth-order valence-electron chi connectivity index (χ4n) is 2.73. The average Bonchev–Trinajstić information content (AvgIpc) is 2.38. The largest absolute Gasteiger partial charge is 0.356 e. The molecular formula is C15H33Cl2N3O. The third-order valence-corrected chi connectivity index (χ3v) is 3.90. The third kappa shape index (κ3) is 10.3. The van der Waals surface area contributed by atoms with Crippen molar-refractivity contribution in [1.29, 1.82) is 0 Å². The molecule has 1 amide bonds. The van der Waals surface area contributed by atoms with Gasteiger partial charge in [0, 0.05) is 25.6 Å². The van der Waals surface area contributed by atoms with E-state index in [-0.39, 0.29) is 36.6 Å². The van der Waals surface area contributed by atoms with Crippen LogP contribution in [0.5, 0.6) is 0 Å². The summed E-state index contributed by atoms with van der Waals surface area (Å²) in [5, 5.41) is 6.05. The van der Waals surface area contributed by atoms with E-state index in [1.54, 1.807) is 0 Å². The first kappa shape index (κ1) is 23.2. The Morgan fingerprint density at radius 2 is 2.05 bits per heavy atom. The molecule has 1 heterocycles. The second kappa shape index (κ2) is 13.6. The van der Waals surface area contributed by atoms with Crippen molar-refractivity contribution in [3.63, 3.8) is 0 Å². The van der Waals surface area contributed by atoms with Gasteiger partial charge in [0.25, 0.3) is 0 Å². The Kier molecular flexibility index (Phi) is 15.1. The number of likely N-dealkylation sites (tertiary alicyclic amines) is 1. The number of rotatable bonds is 8. The fourth-order valence-corrected chi connectivity index (χ4v) is 2.73. The molecule has 1 aliphatic heterocycles. The molecule has 0 spiro atoms. The summed E-state index contributed by atoms with van der Waals surface area (Å²) in [5.41, 5.74) is 0. The van der Waals surface area contributed by atoms with Gasteiger partial charge in [-0.2, -0.15) is 0 Å². The number of amides is 1. The number of hydrogen-bond donors (Lipinski definition) is 2. The van der Waals surface area contributed by atoms with Crippen LogP contribution in [0.15, 0.2) is 0 Å². The van der Waals surface area contributed by atoms with E-state index >= 15 is 0 Å². The first-order chi connectivity index (χ1) is 9.13. The van der Waals surface area contributed by atoms with Gasteiger partial charge in [-0.05, 0) is 51.7 Å². The van der Waals surface area contributed by atoms with E-state index in [4.69, 9.17) is 0 Å². The van der Waals surface area contributed by atoms with E-state index in [1.807, 2.05) is 14.0 Å². The highest BCUT2D eigenvalue weighted by Crippen LogP contribution is 2.15. The first-order valence-corrected chi connectivity index (χ1v) is 7.78. The molecule has 2 atom stereocenters. The number of piperidine rings is 1. The number of hydrogen-bond acceptors (Lipinski definition) is 3. The van der Waals surface area contributed by atoms with Crippen molar-refractivity contribution < 1.29 is 4.79 Å². The Morgan fingerprint density at radius 1 is 1.33 bits per heavy atom. The molecule has 0 bridgehead atoms. The summed E-state index contributed by atoms with van der Waals surface area (Å²) < 4.78 is 0. The number of nitrogens with zero attached hydrogens (tertiary/aromatic N) is 1. The summed E-state index contributed by atoms with van der Waals surface area (Å²) in [6, 6.07) is 0. The summed E-state index contributed by atoms with van der Waals surface area (Å²) in [6.07, 6.45) is 5.01. The molecule has 21 heavy (non-hydrogen) atoms. The van der Waals surface area contributed by atoms with Crippen LogP contribution < -0.4 is 10.6 Å². The lowest BCUT2D eigenvalue weighted by Gasteiger charge is -2.30. The normalized spacial score (nSPS) is 20.0. The summed E-state index contributed by atoms with van der Waals surface area (Å²) in [5.74, 6) is 1.09. The van der Waals surface area contributed by atoms with E-state index < -0.39 is 0 Å². The quantitative estimate of drug-likeness (QED) is 0.666. The van der Waals surface area contributed by atoms with Crippen LogP contribution in [0.1, 0.15) is 39.5 Å². The van der Waals surface area contributed by atoms with Gasteiger partial charge in [0.15, 0.2) is 0 Å². The lowest BCUT2D eigenvalue weighted by atomic mass is 10.0. The van der Waals surface area contributed by atoms with Crippen LogP contribution in [0.4, 0.5) is 0 Å². The molecule has 2 N–H and O–H groups in total. The maximum absolute atomic E-state index is 11.7. The highest BCUT2D eigenvalue weighted by Gasteiger charge is 2.15. The molecule has 1 saturated heterocycles. The molecule has 1 fully saturated rings. The highest BCUT2D eigenvalue weighted by atomic mass is 35.5. The van der Waals surface area contributed by atoms with Gasteiger partial charge >= 0.3 is 0 Å². The summed E-state index contributed by atoms with van der Waals surface area (Å²) in [7, 11) is 1.88. The number of carbonyl (C=O) groups excluding carboxylic acids is 1. The molecule has 6 heteroatoms. The molecule has 0 aromatic carbocycles. The van der Waals surface area contributed by atoms with Crippen LogP contribution in [0, 0.1) is 11.8 Å². The maximum Gasteiger partial charge on any atom is 0.224 e. The minimum absolute atomic E-state index is 0. The van der Waals surface area contributed by atoms with Crippen LogP contribution in [0.25, 0.3) is 0 Å².